The van der Waals surface area contributed by atoms with Gasteiger partial charge in [0, 0.05) is 50.8 Å². The molecule has 2 atom stereocenters. The van der Waals surface area contributed by atoms with Crippen LogP contribution in [0.3, 0.4) is 0 Å². The number of amides is 1. The molecule has 0 radical (unpaired) electrons. The predicted octanol–water partition coefficient (Wildman–Crippen LogP) is 1.08. The fraction of sp³-hybridized carbons (Fsp3) is 0.571. The molecule has 29 heavy (non-hydrogen) atoms. The lowest BCUT2D eigenvalue weighted by Crippen LogP contribution is -2.65. The van der Waals surface area contributed by atoms with E-state index in [1.807, 2.05) is 23.9 Å². The Labute approximate surface area is 170 Å². The van der Waals surface area contributed by atoms with Crippen molar-refractivity contribution in [3.05, 3.63) is 48.5 Å². The summed E-state index contributed by atoms with van der Waals surface area (Å²) in [4.78, 5) is 19.1. The number of likely N-dealkylation sites (tertiary alicyclic amines) is 1. The molecule has 156 valence electrons. The normalized spacial score (nSPS) is 27.0. The Morgan fingerprint density at radius 3 is 2.83 bits per heavy atom. The Kier molecular flexibility index (Phi) is 5.67. The standard InChI is InChI=1S/C21H29N5O3/c1-20(24-19(28)17-4-2-7-22-14-17)16-21(29-15-18(20)27)5-10-25(11-6-21)12-13-26-9-3-8-23-26/h2-4,7-9,14,18,27H,5-6,10-13,15-16H2,1H3,(H,24,28)/t18-,20-/m1/s1. The number of carbonyl (C=O) groups is 1. The van der Waals surface area contributed by atoms with Crippen LogP contribution in [-0.4, -0.2) is 74.2 Å². The third-order valence-corrected chi connectivity index (χ3v) is 6.27. The molecule has 0 unspecified atom stereocenters. The lowest BCUT2D eigenvalue weighted by molar-refractivity contribution is -0.177. The summed E-state index contributed by atoms with van der Waals surface area (Å²) in [5, 5.41) is 17.9. The van der Waals surface area contributed by atoms with Crippen molar-refractivity contribution in [3.8, 4) is 0 Å². The van der Waals surface area contributed by atoms with E-state index in [0.29, 0.717) is 12.0 Å². The van der Waals surface area contributed by atoms with Crippen molar-refractivity contribution in [2.24, 2.45) is 0 Å². The largest absolute Gasteiger partial charge is 0.388 e. The molecule has 2 aromatic heterocycles. The van der Waals surface area contributed by atoms with E-state index in [0.717, 1.165) is 39.0 Å². The molecule has 2 fully saturated rings. The minimum Gasteiger partial charge on any atom is -0.388 e. The van der Waals surface area contributed by atoms with Gasteiger partial charge in [-0.3, -0.25) is 14.5 Å². The summed E-state index contributed by atoms with van der Waals surface area (Å²) >= 11 is 0. The Hall–Kier alpha value is -2.29. The number of aliphatic hydroxyl groups excluding tert-OH is 1. The van der Waals surface area contributed by atoms with Crippen molar-refractivity contribution in [3.63, 3.8) is 0 Å². The van der Waals surface area contributed by atoms with Crippen LogP contribution in [0.5, 0.6) is 0 Å². The highest BCUT2D eigenvalue weighted by molar-refractivity contribution is 5.94. The molecule has 2 aromatic rings. The van der Waals surface area contributed by atoms with Crippen molar-refractivity contribution < 1.29 is 14.6 Å². The third-order valence-electron chi connectivity index (χ3n) is 6.27. The summed E-state index contributed by atoms with van der Waals surface area (Å²) in [6.45, 7) is 5.85. The second-order valence-electron chi connectivity index (χ2n) is 8.41. The Morgan fingerprint density at radius 1 is 1.31 bits per heavy atom. The maximum Gasteiger partial charge on any atom is 0.253 e. The number of carbonyl (C=O) groups excluding carboxylic acids is 1. The summed E-state index contributed by atoms with van der Waals surface area (Å²) < 4.78 is 8.09. The summed E-state index contributed by atoms with van der Waals surface area (Å²) in [5.41, 5.74) is -0.546. The topological polar surface area (TPSA) is 92.5 Å². The number of piperidine rings is 1. The molecular formula is C21H29N5O3. The quantitative estimate of drug-likeness (QED) is 0.782. The first-order valence-electron chi connectivity index (χ1n) is 10.2. The van der Waals surface area contributed by atoms with Gasteiger partial charge in [-0.1, -0.05) is 0 Å². The molecule has 0 saturated carbocycles. The fourth-order valence-corrected chi connectivity index (χ4v) is 4.42. The predicted molar refractivity (Wildman–Crippen MR) is 107 cm³/mol. The zero-order valence-electron chi connectivity index (χ0n) is 16.8. The molecule has 0 aliphatic carbocycles. The number of hydrogen-bond acceptors (Lipinski definition) is 6. The van der Waals surface area contributed by atoms with E-state index in [9.17, 15) is 9.90 Å². The average Bonchev–Trinajstić information content (AvgIpc) is 3.25. The van der Waals surface area contributed by atoms with Crippen molar-refractivity contribution in [2.45, 2.75) is 50.0 Å². The van der Waals surface area contributed by atoms with E-state index < -0.39 is 11.6 Å². The second-order valence-corrected chi connectivity index (χ2v) is 8.41. The van der Waals surface area contributed by atoms with Gasteiger partial charge in [-0.05, 0) is 38.0 Å². The molecule has 8 nitrogen and oxygen atoms in total. The van der Waals surface area contributed by atoms with Crippen LogP contribution in [0.25, 0.3) is 0 Å². The van der Waals surface area contributed by atoms with E-state index in [1.165, 1.54) is 6.20 Å². The lowest BCUT2D eigenvalue weighted by atomic mass is 9.74. The summed E-state index contributed by atoms with van der Waals surface area (Å²) in [6, 6.07) is 5.40. The van der Waals surface area contributed by atoms with Crippen LogP contribution >= 0.6 is 0 Å². The number of aliphatic hydroxyl groups is 1. The van der Waals surface area contributed by atoms with Crippen LogP contribution in [-0.2, 0) is 11.3 Å². The smallest absolute Gasteiger partial charge is 0.253 e. The first-order valence-corrected chi connectivity index (χ1v) is 10.2. The van der Waals surface area contributed by atoms with Crippen LogP contribution in [0.15, 0.2) is 43.0 Å². The van der Waals surface area contributed by atoms with Gasteiger partial charge in [-0.2, -0.15) is 5.10 Å². The molecule has 0 aromatic carbocycles. The SMILES string of the molecule is C[C@@]1(NC(=O)c2cccnc2)CC2(CCN(CCn3cccn3)CC2)OC[C@H]1O. The molecule has 2 saturated heterocycles. The number of ether oxygens (including phenoxy) is 1. The van der Waals surface area contributed by atoms with Gasteiger partial charge in [-0.25, -0.2) is 0 Å². The summed E-state index contributed by atoms with van der Waals surface area (Å²) in [7, 11) is 0. The summed E-state index contributed by atoms with van der Waals surface area (Å²) in [6.07, 6.45) is 8.58. The van der Waals surface area contributed by atoms with Crippen LogP contribution in [0, 0.1) is 0 Å². The van der Waals surface area contributed by atoms with Crippen molar-refractivity contribution in [1.82, 2.24) is 25.0 Å². The van der Waals surface area contributed by atoms with E-state index in [-0.39, 0.29) is 18.1 Å². The number of nitrogens with one attached hydrogen (secondary N) is 1. The highest BCUT2D eigenvalue weighted by Crippen LogP contribution is 2.39. The van der Waals surface area contributed by atoms with Gasteiger partial charge in [0.2, 0.25) is 0 Å². The first kappa shape index (κ1) is 20.0. The molecule has 1 spiro atoms. The molecule has 4 heterocycles. The number of nitrogens with zero attached hydrogens (tertiary/aromatic N) is 4. The molecule has 2 aliphatic rings. The highest BCUT2D eigenvalue weighted by atomic mass is 16.5. The van der Waals surface area contributed by atoms with Gasteiger partial charge in [0.1, 0.15) is 6.10 Å². The maximum absolute atomic E-state index is 12.7. The van der Waals surface area contributed by atoms with E-state index >= 15 is 0 Å². The monoisotopic (exact) mass is 399 g/mol. The van der Waals surface area contributed by atoms with Crippen molar-refractivity contribution in [1.29, 1.82) is 0 Å². The molecule has 2 N–H and O–H groups in total. The van der Waals surface area contributed by atoms with Gasteiger partial charge in [-0.15, -0.1) is 0 Å². The fourth-order valence-electron chi connectivity index (χ4n) is 4.42. The number of pyridine rings is 1. The second kappa shape index (κ2) is 8.22. The molecule has 1 amide bonds. The minimum absolute atomic E-state index is 0.214. The van der Waals surface area contributed by atoms with Crippen LogP contribution in [0.1, 0.15) is 36.5 Å². The molecule has 4 rings (SSSR count). The molecule has 2 aliphatic heterocycles. The van der Waals surface area contributed by atoms with Crippen molar-refractivity contribution in [2.75, 3.05) is 26.2 Å². The number of rotatable bonds is 5. The molecule has 8 heteroatoms. The first-order chi connectivity index (χ1) is 14.0. The van der Waals surface area contributed by atoms with Gasteiger partial charge in [0.05, 0.1) is 29.9 Å². The van der Waals surface area contributed by atoms with Crippen LogP contribution in [0.4, 0.5) is 0 Å². The molecule has 0 bridgehead atoms. The van der Waals surface area contributed by atoms with Gasteiger partial charge < -0.3 is 20.1 Å². The van der Waals surface area contributed by atoms with Gasteiger partial charge in [0.15, 0.2) is 0 Å². The van der Waals surface area contributed by atoms with Crippen molar-refractivity contribution >= 4 is 5.91 Å². The number of hydrogen-bond donors (Lipinski definition) is 2. The lowest BCUT2D eigenvalue weighted by Gasteiger charge is -2.52. The van der Waals surface area contributed by atoms with Crippen LogP contribution in [0.2, 0.25) is 0 Å². The highest BCUT2D eigenvalue weighted by Gasteiger charge is 2.50. The van der Waals surface area contributed by atoms with E-state index in [2.05, 4.69) is 20.3 Å². The third kappa shape index (κ3) is 4.49. The zero-order valence-corrected chi connectivity index (χ0v) is 16.8. The van der Waals surface area contributed by atoms with Crippen LogP contribution < -0.4 is 5.32 Å². The van der Waals surface area contributed by atoms with Gasteiger partial charge in [0.25, 0.3) is 5.91 Å². The maximum atomic E-state index is 12.7. The minimum atomic E-state index is -0.744. The summed E-state index contributed by atoms with van der Waals surface area (Å²) in [5.74, 6) is -0.214. The Balaban J connectivity index is 1.36. The number of aromatic nitrogens is 3. The molecular weight excluding hydrogens is 370 g/mol. The van der Waals surface area contributed by atoms with E-state index in [4.69, 9.17) is 4.74 Å². The van der Waals surface area contributed by atoms with E-state index in [1.54, 1.807) is 24.5 Å². The van der Waals surface area contributed by atoms with Gasteiger partial charge >= 0.3 is 0 Å². The Bertz CT molecular complexity index is 805. The zero-order chi connectivity index (χ0) is 20.3. The Morgan fingerprint density at radius 2 is 2.14 bits per heavy atom. The average molecular weight is 399 g/mol.